The van der Waals surface area contributed by atoms with Crippen molar-refractivity contribution in [3.05, 3.63) is 53.6 Å². The van der Waals surface area contributed by atoms with Crippen molar-refractivity contribution in [3.8, 4) is 16.9 Å². The number of benzene rings is 2. The Hall–Kier alpha value is -1.94. The van der Waals surface area contributed by atoms with Crippen LogP contribution in [0.25, 0.3) is 11.1 Å². The minimum atomic E-state index is -0.421. The Morgan fingerprint density at radius 2 is 1.81 bits per heavy atom. The quantitative estimate of drug-likeness (QED) is 0.894. The molecule has 1 N–H and O–H groups in total. The van der Waals surface area contributed by atoms with Gasteiger partial charge in [-0.3, -0.25) is 0 Å². The van der Waals surface area contributed by atoms with Gasteiger partial charge in [-0.1, -0.05) is 26.0 Å². The molecule has 0 unspecified atom stereocenters. The molecule has 0 aliphatic carbocycles. The lowest BCUT2D eigenvalue weighted by molar-refractivity contribution is 0.415. The topological polar surface area (TPSA) is 21.3 Å². The molecule has 4 heteroatoms. The molecule has 2 aromatic rings. The Labute approximate surface area is 123 Å². The number of halogens is 2. The predicted octanol–water partition coefficient (Wildman–Crippen LogP) is 4.14. The van der Waals surface area contributed by atoms with E-state index in [1.165, 1.54) is 31.4 Å². The normalized spacial score (nSPS) is 11.0. The van der Waals surface area contributed by atoms with Gasteiger partial charge in [0.1, 0.15) is 17.4 Å². The summed E-state index contributed by atoms with van der Waals surface area (Å²) < 4.78 is 32.9. The van der Waals surface area contributed by atoms with Gasteiger partial charge in [0.25, 0.3) is 0 Å². The molecule has 0 aromatic heterocycles. The van der Waals surface area contributed by atoms with E-state index in [4.69, 9.17) is 4.74 Å². The van der Waals surface area contributed by atoms with Crippen molar-refractivity contribution in [2.75, 3.05) is 7.11 Å². The van der Waals surface area contributed by atoms with E-state index in [0.717, 1.165) is 5.56 Å². The van der Waals surface area contributed by atoms with Crippen molar-refractivity contribution < 1.29 is 13.5 Å². The average molecular weight is 291 g/mol. The predicted molar refractivity (Wildman–Crippen MR) is 80.3 cm³/mol. The number of nitrogens with one attached hydrogen (secondary N) is 1. The molecule has 2 nitrogen and oxygen atoms in total. The molecule has 0 radical (unpaired) electrons. The number of rotatable bonds is 5. The molecule has 21 heavy (non-hydrogen) atoms. The minimum Gasteiger partial charge on any atom is -0.496 e. The highest BCUT2D eigenvalue weighted by atomic mass is 19.1. The number of methoxy groups -OCH3 is 1. The molecule has 0 heterocycles. The highest BCUT2D eigenvalue weighted by Crippen LogP contribution is 2.32. The van der Waals surface area contributed by atoms with E-state index in [2.05, 4.69) is 5.32 Å². The van der Waals surface area contributed by atoms with E-state index in [0.29, 0.717) is 29.5 Å². The largest absolute Gasteiger partial charge is 0.496 e. The lowest BCUT2D eigenvalue weighted by atomic mass is 10.0. The Bertz CT molecular complexity index is 626. The van der Waals surface area contributed by atoms with Crippen LogP contribution in [0.1, 0.15) is 19.4 Å². The standard InChI is InChI=1S/C17H19F2NO/c1-11(2)20-10-12-4-6-14(16(19)8-12)15-9-13(18)5-7-17(15)21-3/h4-9,11,20H,10H2,1-3H3. The summed E-state index contributed by atoms with van der Waals surface area (Å²) in [4.78, 5) is 0. The molecule has 0 spiro atoms. The first-order valence-electron chi connectivity index (χ1n) is 6.87. The second-order valence-electron chi connectivity index (χ2n) is 5.19. The van der Waals surface area contributed by atoms with Gasteiger partial charge in [-0.15, -0.1) is 0 Å². The van der Waals surface area contributed by atoms with Crippen LogP contribution in [-0.2, 0) is 6.54 Å². The van der Waals surface area contributed by atoms with Crippen molar-refractivity contribution in [1.29, 1.82) is 0 Å². The van der Waals surface area contributed by atoms with Crippen LogP contribution in [0.15, 0.2) is 36.4 Å². The zero-order valence-electron chi connectivity index (χ0n) is 12.4. The summed E-state index contributed by atoms with van der Waals surface area (Å²) in [6, 6.07) is 9.36. The molecule has 112 valence electrons. The number of ether oxygens (including phenoxy) is 1. The van der Waals surface area contributed by atoms with E-state index < -0.39 is 5.82 Å². The summed E-state index contributed by atoms with van der Waals surface area (Å²) in [7, 11) is 1.48. The first-order valence-corrected chi connectivity index (χ1v) is 6.87. The van der Waals surface area contributed by atoms with Crippen LogP contribution in [-0.4, -0.2) is 13.2 Å². The Morgan fingerprint density at radius 3 is 2.43 bits per heavy atom. The third kappa shape index (κ3) is 3.79. The van der Waals surface area contributed by atoms with Crippen molar-refractivity contribution in [3.63, 3.8) is 0 Å². The molecule has 0 atom stereocenters. The third-order valence-corrected chi connectivity index (χ3v) is 3.20. The van der Waals surface area contributed by atoms with Gasteiger partial charge in [-0.25, -0.2) is 8.78 Å². The zero-order valence-corrected chi connectivity index (χ0v) is 12.4. The second-order valence-corrected chi connectivity index (χ2v) is 5.19. The molecule has 0 amide bonds. The third-order valence-electron chi connectivity index (χ3n) is 3.20. The summed E-state index contributed by atoms with van der Waals surface area (Å²) in [5.74, 6) is -0.360. The van der Waals surface area contributed by atoms with Crippen LogP contribution >= 0.6 is 0 Å². The van der Waals surface area contributed by atoms with Gasteiger partial charge in [0.2, 0.25) is 0 Å². The monoisotopic (exact) mass is 291 g/mol. The van der Waals surface area contributed by atoms with Crippen LogP contribution < -0.4 is 10.1 Å². The van der Waals surface area contributed by atoms with Gasteiger partial charge < -0.3 is 10.1 Å². The van der Waals surface area contributed by atoms with Gasteiger partial charge in [0.05, 0.1) is 7.11 Å². The first-order chi connectivity index (χ1) is 10.0. The maximum Gasteiger partial charge on any atom is 0.131 e. The van der Waals surface area contributed by atoms with E-state index in [1.54, 1.807) is 6.07 Å². The molecule has 2 rings (SSSR count). The van der Waals surface area contributed by atoms with Crippen molar-refractivity contribution in [2.24, 2.45) is 0 Å². The van der Waals surface area contributed by atoms with E-state index in [-0.39, 0.29) is 5.82 Å². The lowest BCUT2D eigenvalue weighted by Crippen LogP contribution is -2.21. The maximum absolute atomic E-state index is 14.3. The van der Waals surface area contributed by atoms with Crippen molar-refractivity contribution >= 4 is 0 Å². The maximum atomic E-state index is 14.3. The molecule has 0 saturated carbocycles. The second kappa shape index (κ2) is 6.68. The van der Waals surface area contributed by atoms with Gasteiger partial charge in [0, 0.05) is 23.7 Å². The number of hydrogen-bond donors (Lipinski definition) is 1. The zero-order chi connectivity index (χ0) is 15.4. The van der Waals surface area contributed by atoms with Crippen LogP contribution in [0.5, 0.6) is 5.75 Å². The Balaban J connectivity index is 2.35. The fourth-order valence-electron chi connectivity index (χ4n) is 2.10. The molecule has 2 aromatic carbocycles. The summed E-state index contributed by atoms with van der Waals surface area (Å²) in [5, 5.41) is 3.23. The van der Waals surface area contributed by atoms with Gasteiger partial charge >= 0.3 is 0 Å². The first kappa shape index (κ1) is 15.4. The smallest absolute Gasteiger partial charge is 0.131 e. The highest BCUT2D eigenvalue weighted by Gasteiger charge is 2.12. The van der Waals surface area contributed by atoms with E-state index in [1.807, 2.05) is 19.9 Å². The van der Waals surface area contributed by atoms with Gasteiger partial charge in [-0.05, 0) is 29.8 Å². The molecule has 0 aliphatic heterocycles. The highest BCUT2D eigenvalue weighted by molar-refractivity contribution is 5.71. The molecule has 0 aliphatic rings. The fourth-order valence-corrected chi connectivity index (χ4v) is 2.10. The fraction of sp³-hybridized carbons (Fsp3) is 0.294. The van der Waals surface area contributed by atoms with Crippen LogP contribution in [0.2, 0.25) is 0 Å². The summed E-state index contributed by atoms with van der Waals surface area (Å²) in [5.41, 5.74) is 1.60. The molecule has 0 saturated heterocycles. The van der Waals surface area contributed by atoms with Crippen LogP contribution in [0.4, 0.5) is 8.78 Å². The average Bonchev–Trinajstić information content (AvgIpc) is 2.45. The summed E-state index contributed by atoms with van der Waals surface area (Å²) >= 11 is 0. The minimum absolute atomic E-state index is 0.330. The Kier molecular flexibility index (Phi) is 4.91. The van der Waals surface area contributed by atoms with Crippen LogP contribution in [0, 0.1) is 11.6 Å². The van der Waals surface area contributed by atoms with E-state index in [9.17, 15) is 8.78 Å². The lowest BCUT2D eigenvalue weighted by Gasteiger charge is -2.12. The molecular formula is C17H19F2NO. The van der Waals surface area contributed by atoms with Crippen molar-refractivity contribution in [2.45, 2.75) is 26.4 Å². The summed E-state index contributed by atoms with van der Waals surface area (Å²) in [6.45, 7) is 4.65. The van der Waals surface area contributed by atoms with Crippen LogP contribution in [0.3, 0.4) is 0 Å². The molecule has 0 bridgehead atoms. The number of hydrogen-bond acceptors (Lipinski definition) is 2. The van der Waals surface area contributed by atoms with Gasteiger partial charge in [0.15, 0.2) is 0 Å². The van der Waals surface area contributed by atoms with Crippen molar-refractivity contribution in [1.82, 2.24) is 5.32 Å². The van der Waals surface area contributed by atoms with Gasteiger partial charge in [-0.2, -0.15) is 0 Å². The SMILES string of the molecule is COc1ccc(F)cc1-c1ccc(CNC(C)C)cc1F. The van der Waals surface area contributed by atoms with E-state index >= 15 is 0 Å². The molecule has 0 fully saturated rings. The molecular weight excluding hydrogens is 272 g/mol. The summed E-state index contributed by atoms with van der Waals surface area (Å²) in [6.07, 6.45) is 0. The Morgan fingerprint density at radius 1 is 1.05 bits per heavy atom.